The van der Waals surface area contributed by atoms with Crippen molar-refractivity contribution in [3.63, 3.8) is 0 Å². The highest BCUT2D eigenvalue weighted by molar-refractivity contribution is 6.05. The van der Waals surface area contributed by atoms with Gasteiger partial charge < -0.3 is 19.9 Å². The van der Waals surface area contributed by atoms with Gasteiger partial charge in [-0.2, -0.15) is 0 Å². The molecule has 0 aliphatic carbocycles. The van der Waals surface area contributed by atoms with Gasteiger partial charge in [0.05, 0.1) is 6.54 Å². The smallest absolute Gasteiger partial charge is 0.255 e. The lowest BCUT2D eigenvalue weighted by Crippen LogP contribution is -2.53. The highest BCUT2D eigenvalue weighted by atomic mass is 16.5. The fourth-order valence-electron chi connectivity index (χ4n) is 5.69. The molecule has 0 spiro atoms. The summed E-state index contributed by atoms with van der Waals surface area (Å²) in [5.74, 6) is 0.933. The quantitative estimate of drug-likeness (QED) is 0.647. The third-order valence-corrected chi connectivity index (χ3v) is 7.75. The van der Waals surface area contributed by atoms with E-state index in [-0.39, 0.29) is 30.2 Å². The van der Waals surface area contributed by atoms with E-state index in [0.29, 0.717) is 18.5 Å². The number of likely N-dealkylation sites (N-methyl/N-ethyl adjacent to an activating group) is 1. The third-order valence-electron chi connectivity index (χ3n) is 7.75. The molecule has 1 aromatic rings. The fraction of sp³-hybridized carbons (Fsp3) is 0.667. The number of carbonyl (C=O) groups is 3. The Labute approximate surface area is 209 Å². The van der Waals surface area contributed by atoms with E-state index in [9.17, 15) is 14.4 Å². The highest BCUT2D eigenvalue weighted by Crippen LogP contribution is 2.35. The van der Waals surface area contributed by atoms with Crippen molar-refractivity contribution in [1.82, 2.24) is 20.0 Å². The molecule has 4 heterocycles. The van der Waals surface area contributed by atoms with E-state index in [1.807, 2.05) is 32.0 Å². The van der Waals surface area contributed by atoms with Crippen LogP contribution < -0.4 is 10.1 Å². The lowest BCUT2D eigenvalue weighted by molar-refractivity contribution is -0.150. The van der Waals surface area contributed by atoms with Crippen molar-refractivity contribution in [2.24, 2.45) is 5.92 Å². The van der Waals surface area contributed by atoms with Crippen molar-refractivity contribution in [2.45, 2.75) is 71.1 Å². The maximum atomic E-state index is 13.1. The average molecular weight is 485 g/mol. The van der Waals surface area contributed by atoms with Crippen LogP contribution in [-0.2, 0) is 16.1 Å². The fourth-order valence-corrected chi connectivity index (χ4v) is 5.69. The number of rotatable bonds is 5. The molecule has 0 saturated carbocycles. The molecule has 1 aromatic carbocycles. The van der Waals surface area contributed by atoms with Gasteiger partial charge in [-0.3, -0.25) is 19.3 Å². The van der Waals surface area contributed by atoms with Crippen LogP contribution in [0.2, 0.25) is 0 Å². The zero-order valence-electron chi connectivity index (χ0n) is 21.4. The van der Waals surface area contributed by atoms with Crippen molar-refractivity contribution in [2.75, 3.05) is 39.8 Å². The second-order valence-corrected chi connectivity index (χ2v) is 9.87. The lowest BCUT2D eigenvalue weighted by Gasteiger charge is -2.35. The first-order valence-electron chi connectivity index (χ1n) is 13.3. The van der Waals surface area contributed by atoms with Gasteiger partial charge in [0.1, 0.15) is 17.9 Å². The number of fused-ring (bicyclic) bond motifs is 1. The van der Waals surface area contributed by atoms with Crippen molar-refractivity contribution >= 4 is 17.7 Å². The predicted molar refractivity (Wildman–Crippen MR) is 134 cm³/mol. The highest BCUT2D eigenvalue weighted by Gasteiger charge is 2.42. The average Bonchev–Trinajstić information content (AvgIpc) is 3.23. The Kier molecular flexibility index (Phi) is 8.44. The summed E-state index contributed by atoms with van der Waals surface area (Å²) in [5, 5.41) is 3.44. The summed E-state index contributed by atoms with van der Waals surface area (Å²) in [6.07, 6.45) is 5.32. The van der Waals surface area contributed by atoms with Gasteiger partial charge >= 0.3 is 0 Å². The second-order valence-electron chi connectivity index (χ2n) is 9.87. The molecule has 8 nitrogen and oxygen atoms in total. The van der Waals surface area contributed by atoms with Gasteiger partial charge in [-0.05, 0) is 63.2 Å². The summed E-state index contributed by atoms with van der Waals surface area (Å²) < 4.78 is 6.42. The molecule has 4 aliphatic rings. The van der Waals surface area contributed by atoms with Crippen LogP contribution in [0.15, 0.2) is 18.2 Å². The number of hydrogen-bond acceptors (Lipinski definition) is 6. The van der Waals surface area contributed by atoms with Crippen LogP contribution in [0.4, 0.5) is 0 Å². The second kappa shape index (κ2) is 11.5. The van der Waals surface area contributed by atoms with Crippen LogP contribution in [-0.4, -0.2) is 84.3 Å². The number of nitrogens with one attached hydrogen (secondary N) is 1. The lowest BCUT2D eigenvalue weighted by atomic mass is 9.96. The molecule has 0 bridgehead atoms. The van der Waals surface area contributed by atoms with Crippen molar-refractivity contribution in [3.8, 4) is 5.75 Å². The SMILES string of the molecule is CC.CN1C(=O)CCC(N2Cc3c(OC4CCN(CC5CCNCC5)CC4)cccc3C2=O)C1=O. The Morgan fingerprint density at radius 1 is 1.00 bits per heavy atom. The van der Waals surface area contributed by atoms with E-state index >= 15 is 0 Å². The standard InChI is InChI=1S/C25H34N4O4.C2H6/c1-27-23(30)6-5-21(25(27)32)29-16-20-19(24(29)31)3-2-4-22(20)33-18-9-13-28(14-10-18)15-17-7-11-26-12-8-17;1-2/h2-4,17-18,21,26H,5-16H2,1H3;1-2H3. The maximum absolute atomic E-state index is 13.1. The number of nitrogens with zero attached hydrogens (tertiary/aromatic N) is 3. The van der Waals surface area contributed by atoms with Gasteiger partial charge in [0.25, 0.3) is 11.8 Å². The van der Waals surface area contributed by atoms with Gasteiger partial charge in [0.15, 0.2) is 0 Å². The molecule has 1 unspecified atom stereocenters. The molecule has 1 atom stereocenters. The minimum absolute atomic E-state index is 0.144. The molecule has 3 fully saturated rings. The Morgan fingerprint density at radius 3 is 2.43 bits per heavy atom. The summed E-state index contributed by atoms with van der Waals surface area (Å²) in [4.78, 5) is 43.0. The molecule has 192 valence electrons. The van der Waals surface area contributed by atoms with E-state index < -0.39 is 6.04 Å². The number of imide groups is 1. The monoisotopic (exact) mass is 484 g/mol. The number of benzene rings is 1. The molecule has 3 amide bonds. The first-order chi connectivity index (χ1) is 17.0. The topological polar surface area (TPSA) is 82.2 Å². The number of likely N-dealkylation sites (tertiary alicyclic amines) is 2. The largest absolute Gasteiger partial charge is 0.490 e. The number of carbonyl (C=O) groups excluding carboxylic acids is 3. The van der Waals surface area contributed by atoms with Gasteiger partial charge in [0.2, 0.25) is 5.91 Å². The zero-order valence-corrected chi connectivity index (χ0v) is 21.4. The molecular formula is C27H40N4O4. The third kappa shape index (κ3) is 5.54. The minimum Gasteiger partial charge on any atom is -0.490 e. The summed E-state index contributed by atoms with van der Waals surface area (Å²) in [5.41, 5.74) is 1.48. The van der Waals surface area contributed by atoms with Gasteiger partial charge in [-0.15, -0.1) is 0 Å². The normalized spacial score (nSPS) is 24.3. The van der Waals surface area contributed by atoms with E-state index in [1.165, 1.54) is 26.4 Å². The van der Waals surface area contributed by atoms with E-state index in [2.05, 4.69) is 10.2 Å². The summed E-state index contributed by atoms with van der Waals surface area (Å²) in [7, 11) is 1.50. The predicted octanol–water partition coefficient (Wildman–Crippen LogP) is 2.66. The molecule has 4 aliphatic heterocycles. The molecule has 1 N–H and O–H groups in total. The Hall–Kier alpha value is -2.45. The van der Waals surface area contributed by atoms with Crippen LogP contribution >= 0.6 is 0 Å². The summed E-state index contributed by atoms with van der Waals surface area (Å²) in [6, 6.07) is 5.03. The summed E-state index contributed by atoms with van der Waals surface area (Å²) in [6.45, 7) is 9.91. The molecular weight excluding hydrogens is 444 g/mol. The van der Waals surface area contributed by atoms with Crippen LogP contribution in [0.5, 0.6) is 5.75 Å². The zero-order chi connectivity index (χ0) is 24.9. The van der Waals surface area contributed by atoms with Gasteiger partial charge in [-0.1, -0.05) is 19.9 Å². The van der Waals surface area contributed by atoms with Crippen molar-refractivity contribution in [3.05, 3.63) is 29.3 Å². The number of piperidine rings is 3. The van der Waals surface area contributed by atoms with E-state index in [4.69, 9.17) is 4.74 Å². The first-order valence-corrected chi connectivity index (χ1v) is 13.3. The molecule has 3 saturated heterocycles. The molecule has 8 heteroatoms. The van der Waals surface area contributed by atoms with Crippen LogP contribution in [0.25, 0.3) is 0 Å². The summed E-state index contributed by atoms with van der Waals surface area (Å²) >= 11 is 0. The first kappa shape index (κ1) is 25.6. The van der Waals surface area contributed by atoms with Gasteiger partial charge in [-0.25, -0.2) is 0 Å². The van der Waals surface area contributed by atoms with Crippen molar-refractivity contribution < 1.29 is 19.1 Å². The van der Waals surface area contributed by atoms with Crippen molar-refractivity contribution in [1.29, 1.82) is 0 Å². The molecule has 0 radical (unpaired) electrons. The Morgan fingerprint density at radius 2 is 1.71 bits per heavy atom. The minimum atomic E-state index is -0.585. The Bertz CT molecular complexity index is 922. The molecule has 5 rings (SSSR count). The van der Waals surface area contributed by atoms with Gasteiger partial charge in [0, 0.05) is 44.2 Å². The maximum Gasteiger partial charge on any atom is 0.255 e. The number of ether oxygens (including phenoxy) is 1. The Balaban J connectivity index is 0.00000141. The molecule has 35 heavy (non-hydrogen) atoms. The van der Waals surface area contributed by atoms with E-state index in [1.54, 1.807) is 4.90 Å². The van der Waals surface area contributed by atoms with E-state index in [0.717, 1.165) is 61.2 Å². The van der Waals surface area contributed by atoms with Crippen LogP contribution in [0.1, 0.15) is 68.3 Å². The molecule has 0 aromatic heterocycles. The number of hydrogen-bond donors (Lipinski definition) is 1. The number of amides is 3. The van der Waals surface area contributed by atoms with Crippen LogP contribution in [0.3, 0.4) is 0 Å². The van der Waals surface area contributed by atoms with Crippen LogP contribution in [0, 0.1) is 5.92 Å².